The molecule has 1 N–H and O–H groups in total. The normalized spacial score (nSPS) is 11.9. The number of halogens is 2. The van der Waals surface area contributed by atoms with Crippen LogP contribution in [0, 0.1) is 0 Å². The Balaban J connectivity index is 1.78. The van der Waals surface area contributed by atoms with Gasteiger partial charge in [-0.05, 0) is 23.6 Å². The number of benzene rings is 1. The Hall–Kier alpha value is -2.31. The topological polar surface area (TPSA) is 98.1 Å². The van der Waals surface area contributed by atoms with E-state index in [1.165, 1.54) is 41.2 Å². The lowest BCUT2D eigenvalue weighted by molar-refractivity contribution is -0.113. The van der Waals surface area contributed by atoms with Crippen LogP contribution < -0.4 is 10.9 Å². The van der Waals surface area contributed by atoms with Gasteiger partial charge in [-0.15, -0.1) is 11.3 Å². The van der Waals surface area contributed by atoms with Crippen molar-refractivity contribution < 1.29 is 22.0 Å². The number of aromatic nitrogens is 2. The number of sulfone groups is 1. The zero-order valence-corrected chi connectivity index (χ0v) is 16.7. The number of rotatable bonds is 6. The lowest BCUT2D eigenvalue weighted by Crippen LogP contribution is -2.21. The van der Waals surface area contributed by atoms with E-state index in [1.807, 2.05) is 0 Å². The van der Waals surface area contributed by atoms with Gasteiger partial charge in [0.1, 0.15) is 4.70 Å². The molecule has 1 amide bonds. The number of fused-ring (bicyclic) bond motifs is 1. The van der Waals surface area contributed by atoms with Crippen LogP contribution in [-0.2, 0) is 21.7 Å². The lowest BCUT2D eigenvalue weighted by atomic mass is 10.3. The molecule has 3 rings (SSSR count). The van der Waals surface area contributed by atoms with Crippen LogP contribution in [-0.4, -0.2) is 35.4 Å². The molecule has 148 valence electrons. The highest BCUT2D eigenvalue weighted by molar-refractivity contribution is 7.99. The molecule has 2 aromatic heterocycles. The number of hydrogen-bond acceptors (Lipinski definition) is 7. The van der Waals surface area contributed by atoms with Crippen LogP contribution >= 0.6 is 23.1 Å². The van der Waals surface area contributed by atoms with Gasteiger partial charge in [-0.1, -0.05) is 23.9 Å². The van der Waals surface area contributed by atoms with Gasteiger partial charge in [-0.3, -0.25) is 14.2 Å². The fourth-order valence-corrected chi connectivity index (χ4v) is 4.79. The summed E-state index contributed by atoms with van der Waals surface area (Å²) in [5, 5.41) is 4.36. The maximum atomic E-state index is 12.8. The van der Waals surface area contributed by atoms with Crippen molar-refractivity contribution in [3.8, 4) is 0 Å². The predicted molar refractivity (Wildman–Crippen MR) is 104 cm³/mol. The number of nitrogens with one attached hydrogen (secondary N) is 1. The van der Waals surface area contributed by atoms with E-state index in [-0.39, 0.29) is 17.0 Å². The molecule has 0 aliphatic rings. The molecule has 3 aromatic rings. The first kappa shape index (κ1) is 20.4. The molecule has 0 saturated heterocycles. The third kappa shape index (κ3) is 3.93. The molecule has 12 heteroatoms. The van der Waals surface area contributed by atoms with Crippen molar-refractivity contribution in [3.63, 3.8) is 0 Å². The standard InChI is InChI=1S/C16H13F2N3O4S3/c1-21-14(23)13-10(6-7-26-13)20-16(21)27-8-12(22)19-9-4-2-3-5-11(9)28(24,25)15(17)18/h2-7,15H,8H2,1H3,(H,19,22). The Labute approximate surface area is 166 Å². The van der Waals surface area contributed by atoms with E-state index >= 15 is 0 Å². The van der Waals surface area contributed by atoms with Crippen molar-refractivity contribution in [3.05, 3.63) is 46.1 Å². The van der Waals surface area contributed by atoms with E-state index in [1.54, 1.807) is 11.4 Å². The van der Waals surface area contributed by atoms with Crippen LogP contribution in [0.4, 0.5) is 14.5 Å². The maximum Gasteiger partial charge on any atom is 0.341 e. The minimum Gasteiger partial charge on any atom is -0.324 e. The first-order chi connectivity index (χ1) is 13.2. The Morgan fingerprint density at radius 1 is 1.32 bits per heavy atom. The molecule has 0 aliphatic heterocycles. The van der Waals surface area contributed by atoms with Crippen molar-refractivity contribution in [2.45, 2.75) is 15.8 Å². The van der Waals surface area contributed by atoms with E-state index in [4.69, 9.17) is 0 Å². The van der Waals surface area contributed by atoms with Crippen LogP contribution in [0.25, 0.3) is 10.2 Å². The van der Waals surface area contributed by atoms with Gasteiger partial charge in [0.05, 0.1) is 21.9 Å². The molecule has 0 bridgehead atoms. The van der Waals surface area contributed by atoms with Gasteiger partial charge in [0.2, 0.25) is 15.7 Å². The van der Waals surface area contributed by atoms with Crippen LogP contribution in [0.1, 0.15) is 0 Å². The van der Waals surface area contributed by atoms with Crippen molar-refractivity contribution in [2.75, 3.05) is 11.1 Å². The quantitative estimate of drug-likeness (QED) is 0.463. The number of thiophene rings is 1. The minimum absolute atomic E-state index is 0.195. The summed E-state index contributed by atoms with van der Waals surface area (Å²) in [5.41, 5.74) is 0.0456. The van der Waals surface area contributed by atoms with Gasteiger partial charge in [-0.25, -0.2) is 13.4 Å². The second kappa shape index (κ2) is 7.97. The summed E-state index contributed by atoms with van der Waals surface area (Å²) in [4.78, 5) is 28.1. The number of carbonyl (C=O) groups is 1. The molecular weight excluding hydrogens is 432 g/mol. The second-order valence-corrected chi connectivity index (χ2v) is 9.28. The van der Waals surface area contributed by atoms with Crippen LogP contribution in [0.15, 0.2) is 50.6 Å². The molecular formula is C16H13F2N3O4S3. The Morgan fingerprint density at radius 3 is 2.75 bits per heavy atom. The molecule has 0 unspecified atom stereocenters. The summed E-state index contributed by atoms with van der Waals surface area (Å²) in [6, 6.07) is 6.62. The maximum absolute atomic E-state index is 12.8. The fourth-order valence-electron chi connectivity index (χ4n) is 2.33. The van der Waals surface area contributed by atoms with E-state index in [2.05, 4.69) is 10.3 Å². The third-order valence-electron chi connectivity index (χ3n) is 3.68. The summed E-state index contributed by atoms with van der Waals surface area (Å²) in [6.07, 6.45) is 0. The number of alkyl halides is 2. The fraction of sp³-hybridized carbons (Fsp3) is 0.188. The summed E-state index contributed by atoms with van der Waals surface area (Å²) in [5.74, 6) is -4.42. The highest BCUT2D eigenvalue weighted by Crippen LogP contribution is 2.26. The SMILES string of the molecule is Cn1c(SCC(=O)Nc2ccccc2S(=O)(=O)C(F)F)nc2ccsc2c1=O. The Bertz CT molecular complexity index is 1210. The van der Waals surface area contributed by atoms with E-state index in [0.29, 0.717) is 15.4 Å². The average molecular weight is 445 g/mol. The molecule has 1 aromatic carbocycles. The van der Waals surface area contributed by atoms with Gasteiger partial charge in [0.15, 0.2) is 5.16 Å². The molecule has 0 atom stereocenters. The third-order valence-corrected chi connectivity index (χ3v) is 7.04. The second-order valence-electron chi connectivity index (χ2n) is 5.53. The molecule has 0 radical (unpaired) electrons. The summed E-state index contributed by atoms with van der Waals surface area (Å²) in [6.45, 7) is 0. The Morgan fingerprint density at radius 2 is 2.04 bits per heavy atom. The molecule has 0 fully saturated rings. The molecule has 2 heterocycles. The van der Waals surface area contributed by atoms with Crippen LogP contribution in [0.5, 0.6) is 0 Å². The van der Waals surface area contributed by atoms with Gasteiger partial charge in [0.25, 0.3) is 5.56 Å². The number of carbonyl (C=O) groups excluding carboxylic acids is 1. The van der Waals surface area contributed by atoms with E-state index in [9.17, 15) is 26.8 Å². The summed E-state index contributed by atoms with van der Waals surface area (Å²) < 4.78 is 50.9. The highest BCUT2D eigenvalue weighted by atomic mass is 32.2. The number of nitrogens with zero attached hydrogens (tertiary/aromatic N) is 2. The number of para-hydroxylation sites is 1. The Kier molecular flexibility index (Phi) is 5.82. The van der Waals surface area contributed by atoms with Gasteiger partial charge in [-0.2, -0.15) is 8.78 Å². The number of thioether (sulfide) groups is 1. The molecule has 0 saturated carbocycles. The smallest absolute Gasteiger partial charge is 0.324 e. The van der Waals surface area contributed by atoms with Crippen LogP contribution in [0.2, 0.25) is 0 Å². The predicted octanol–water partition coefficient (Wildman–Crippen LogP) is 2.72. The van der Waals surface area contributed by atoms with Crippen molar-refractivity contribution >= 4 is 54.7 Å². The minimum atomic E-state index is -4.86. The zero-order valence-electron chi connectivity index (χ0n) is 14.3. The van der Waals surface area contributed by atoms with Gasteiger partial charge >= 0.3 is 5.76 Å². The van der Waals surface area contributed by atoms with Gasteiger partial charge < -0.3 is 5.32 Å². The zero-order chi connectivity index (χ0) is 20.5. The van der Waals surface area contributed by atoms with Gasteiger partial charge in [0, 0.05) is 7.05 Å². The molecule has 7 nitrogen and oxygen atoms in total. The van der Waals surface area contributed by atoms with Crippen LogP contribution in [0.3, 0.4) is 0 Å². The lowest BCUT2D eigenvalue weighted by Gasteiger charge is -2.11. The average Bonchev–Trinajstić information content (AvgIpc) is 3.12. The highest BCUT2D eigenvalue weighted by Gasteiger charge is 2.29. The summed E-state index contributed by atoms with van der Waals surface area (Å²) >= 11 is 2.24. The van der Waals surface area contributed by atoms with E-state index in [0.717, 1.165) is 17.8 Å². The molecule has 0 aliphatic carbocycles. The molecule has 28 heavy (non-hydrogen) atoms. The molecule has 0 spiro atoms. The monoisotopic (exact) mass is 445 g/mol. The van der Waals surface area contributed by atoms with E-state index < -0.39 is 26.4 Å². The number of anilines is 1. The number of hydrogen-bond donors (Lipinski definition) is 1. The van der Waals surface area contributed by atoms with Crippen molar-refractivity contribution in [2.24, 2.45) is 7.05 Å². The van der Waals surface area contributed by atoms with Crippen molar-refractivity contribution in [1.29, 1.82) is 0 Å². The first-order valence-electron chi connectivity index (χ1n) is 7.70. The first-order valence-corrected chi connectivity index (χ1v) is 11.1. The van der Waals surface area contributed by atoms with Crippen molar-refractivity contribution in [1.82, 2.24) is 9.55 Å². The largest absolute Gasteiger partial charge is 0.341 e. The summed E-state index contributed by atoms with van der Waals surface area (Å²) in [7, 11) is -3.33. The number of amides is 1.